The minimum absolute atomic E-state index is 0.312. The quantitative estimate of drug-likeness (QED) is 0.616. The van der Waals surface area contributed by atoms with Gasteiger partial charge in [0.15, 0.2) is 0 Å². The predicted molar refractivity (Wildman–Crippen MR) is 68.8 cm³/mol. The molecule has 0 N–H and O–H groups in total. The van der Waals surface area contributed by atoms with Crippen molar-refractivity contribution in [1.29, 1.82) is 0 Å². The Morgan fingerprint density at radius 3 is 2.67 bits per heavy atom. The van der Waals surface area contributed by atoms with Gasteiger partial charge in [-0.1, -0.05) is 18.2 Å². The molecule has 1 atom stereocenters. The van der Waals surface area contributed by atoms with E-state index in [-0.39, 0.29) is 12.0 Å². The number of rotatable bonds is 3. The molecule has 4 heteroatoms. The minimum atomic E-state index is -0.374. The summed E-state index contributed by atoms with van der Waals surface area (Å²) in [5.41, 5.74) is 2.15. The summed E-state index contributed by atoms with van der Waals surface area (Å²) in [7, 11) is 1.36. The molecule has 0 fully saturated rings. The smallest absolute Gasteiger partial charge is 0.340 e. The van der Waals surface area contributed by atoms with Gasteiger partial charge in [-0.3, -0.25) is 0 Å². The molecule has 0 aliphatic carbocycles. The zero-order chi connectivity index (χ0) is 13.3. The summed E-state index contributed by atoms with van der Waals surface area (Å²) in [6.45, 7) is 3.62. The number of aromatic nitrogens is 1. The Hall–Kier alpha value is -2.10. The van der Waals surface area contributed by atoms with Crippen molar-refractivity contribution < 1.29 is 14.3 Å². The standard InChI is InChI=1S/C14H15NO3/c1-9(8-16)15-10(2)13(14(17)18-3)11-6-4-5-7-12(11)15/h4-9H,1-3H3. The molecule has 0 aliphatic rings. The molecule has 18 heavy (non-hydrogen) atoms. The Morgan fingerprint density at radius 1 is 1.39 bits per heavy atom. The van der Waals surface area contributed by atoms with Crippen LogP contribution in [0.5, 0.6) is 0 Å². The molecule has 2 aromatic rings. The second-order valence-corrected chi connectivity index (χ2v) is 4.22. The molecule has 4 nitrogen and oxygen atoms in total. The summed E-state index contributed by atoms with van der Waals surface area (Å²) >= 11 is 0. The zero-order valence-electron chi connectivity index (χ0n) is 10.6. The largest absolute Gasteiger partial charge is 0.465 e. The van der Waals surface area contributed by atoms with Crippen LogP contribution in [-0.2, 0) is 9.53 Å². The Kier molecular flexibility index (Phi) is 3.19. The molecule has 0 saturated heterocycles. The summed E-state index contributed by atoms with van der Waals surface area (Å²) in [4.78, 5) is 22.9. The lowest BCUT2D eigenvalue weighted by atomic mass is 10.1. The van der Waals surface area contributed by atoms with Crippen LogP contribution in [0.1, 0.15) is 29.0 Å². The highest BCUT2D eigenvalue weighted by Gasteiger charge is 2.22. The molecule has 0 amide bonds. The van der Waals surface area contributed by atoms with Gasteiger partial charge in [0.25, 0.3) is 0 Å². The van der Waals surface area contributed by atoms with E-state index in [1.807, 2.05) is 35.8 Å². The van der Waals surface area contributed by atoms with Crippen LogP contribution < -0.4 is 0 Å². The molecule has 2 rings (SSSR count). The van der Waals surface area contributed by atoms with E-state index in [0.29, 0.717) is 5.56 Å². The average Bonchev–Trinajstić information content (AvgIpc) is 2.69. The van der Waals surface area contributed by atoms with Crippen LogP contribution in [-0.4, -0.2) is 23.9 Å². The second kappa shape index (κ2) is 4.64. The van der Waals surface area contributed by atoms with Gasteiger partial charge in [-0.15, -0.1) is 0 Å². The number of hydrogen-bond acceptors (Lipinski definition) is 3. The molecule has 0 aliphatic heterocycles. The first-order valence-electron chi connectivity index (χ1n) is 5.75. The van der Waals surface area contributed by atoms with Crippen LogP contribution in [0.4, 0.5) is 0 Å². The summed E-state index contributed by atoms with van der Waals surface area (Å²) in [5, 5.41) is 0.815. The van der Waals surface area contributed by atoms with Gasteiger partial charge in [0.2, 0.25) is 0 Å². The average molecular weight is 245 g/mol. The van der Waals surface area contributed by atoms with Crippen LogP contribution in [0.15, 0.2) is 24.3 Å². The summed E-state index contributed by atoms with van der Waals surface area (Å²) in [5.74, 6) is -0.374. The maximum Gasteiger partial charge on any atom is 0.340 e. The third-order valence-electron chi connectivity index (χ3n) is 3.15. The highest BCUT2D eigenvalue weighted by molar-refractivity contribution is 6.06. The number of benzene rings is 1. The molecule has 0 spiro atoms. The van der Waals surface area contributed by atoms with E-state index in [4.69, 9.17) is 4.74 Å². The second-order valence-electron chi connectivity index (χ2n) is 4.22. The van der Waals surface area contributed by atoms with Crippen molar-refractivity contribution in [3.63, 3.8) is 0 Å². The first-order valence-corrected chi connectivity index (χ1v) is 5.75. The number of fused-ring (bicyclic) bond motifs is 1. The number of carbonyl (C=O) groups is 2. The number of para-hydroxylation sites is 1. The molecule has 94 valence electrons. The fourth-order valence-electron chi connectivity index (χ4n) is 2.34. The lowest BCUT2D eigenvalue weighted by Crippen LogP contribution is -2.10. The van der Waals surface area contributed by atoms with E-state index in [1.54, 1.807) is 6.92 Å². The third-order valence-corrected chi connectivity index (χ3v) is 3.15. The van der Waals surface area contributed by atoms with Crippen molar-refractivity contribution in [2.24, 2.45) is 0 Å². The van der Waals surface area contributed by atoms with Gasteiger partial charge < -0.3 is 14.1 Å². The van der Waals surface area contributed by atoms with Gasteiger partial charge in [0.1, 0.15) is 6.29 Å². The van der Waals surface area contributed by atoms with Crippen molar-refractivity contribution in [2.45, 2.75) is 19.9 Å². The van der Waals surface area contributed by atoms with E-state index in [2.05, 4.69) is 0 Å². The Morgan fingerprint density at radius 2 is 2.06 bits per heavy atom. The fraction of sp³-hybridized carbons (Fsp3) is 0.286. The molecule has 1 aromatic heterocycles. The van der Waals surface area contributed by atoms with Crippen molar-refractivity contribution >= 4 is 23.2 Å². The number of esters is 1. The highest BCUT2D eigenvalue weighted by atomic mass is 16.5. The van der Waals surface area contributed by atoms with Gasteiger partial charge in [0, 0.05) is 16.6 Å². The zero-order valence-corrected chi connectivity index (χ0v) is 10.6. The summed E-state index contributed by atoms with van der Waals surface area (Å²) in [6, 6.07) is 7.20. The van der Waals surface area contributed by atoms with Crippen molar-refractivity contribution in [1.82, 2.24) is 4.57 Å². The van der Waals surface area contributed by atoms with Crippen molar-refractivity contribution in [2.75, 3.05) is 7.11 Å². The normalized spacial score (nSPS) is 12.4. The molecule has 0 radical (unpaired) electrons. The lowest BCUT2D eigenvalue weighted by Gasteiger charge is -2.11. The number of methoxy groups -OCH3 is 1. The molecular formula is C14H15NO3. The maximum atomic E-state index is 11.8. The van der Waals surface area contributed by atoms with Crippen molar-refractivity contribution in [3.05, 3.63) is 35.5 Å². The van der Waals surface area contributed by atoms with Crippen LogP contribution >= 0.6 is 0 Å². The first kappa shape index (κ1) is 12.4. The van der Waals surface area contributed by atoms with Crippen molar-refractivity contribution in [3.8, 4) is 0 Å². The van der Waals surface area contributed by atoms with E-state index < -0.39 is 0 Å². The molecule has 0 bridgehead atoms. The van der Waals surface area contributed by atoms with Crippen LogP contribution in [0.25, 0.3) is 10.9 Å². The number of carbonyl (C=O) groups excluding carboxylic acids is 2. The number of aldehydes is 1. The molecule has 1 unspecified atom stereocenters. The topological polar surface area (TPSA) is 48.3 Å². The van der Waals surface area contributed by atoms with Gasteiger partial charge in [-0.2, -0.15) is 0 Å². The van der Waals surface area contributed by atoms with Crippen LogP contribution in [0.2, 0.25) is 0 Å². The lowest BCUT2D eigenvalue weighted by molar-refractivity contribution is -0.110. The monoisotopic (exact) mass is 245 g/mol. The summed E-state index contributed by atoms with van der Waals surface area (Å²) in [6.07, 6.45) is 0.862. The Labute approximate surface area is 105 Å². The Bertz CT molecular complexity index is 613. The van der Waals surface area contributed by atoms with E-state index in [1.165, 1.54) is 7.11 Å². The number of hydrogen-bond donors (Lipinski definition) is 0. The number of nitrogens with zero attached hydrogens (tertiary/aromatic N) is 1. The van der Waals surface area contributed by atoms with Crippen LogP contribution in [0.3, 0.4) is 0 Å². The predicted octanol–water partition coefficient (Wildman–Crippen LogP) is 2.50. The Balaban J connectivity index is 2.83. The highest BCUT2D eigenvalue weighted by Crippen LogP contribution is 2.28. The number of ether oxygens (including phenoxy) is 1. The molecule has 0 saturated carbocycles. The van der Waals surface area contributed by atoms with Gasteiger partial charge in [-0.25, -0.2) is 4.79 Å². The van der Waals surface area contributed by atoms with Gasteiger partial charge in [0.05, 0.1) is 18.7 Å². The van der Waals surface area contributed by atoms with Gasteiger partial charge >= 0.3 is 5.97 Å². The SMILES string of the molecule is COC(=O)c1c(C)n(C(C)C=O)c2ccccc12. The minimum Gasteiger partial charge on any atom is -0.465 e. The molecule has 1 aromatic carbocycles. The third kappa shape index (κ3) is 1.70. The first-order chi connectivity index (χ1) is 8.61. The molecular weight excluding hydrogens is 230 g/mol. The van der Waals surface area contributed by atoms with Gasteiger partial charge in [-0.05, 0) is 19.9 Å². The van der Waals surface area contributed by atoms with E-state index in [0.717, 1.165) is 22.9 Å². The molecule has 1 heterocycles. The summed E-state index contributed by atoms with van der Waals surface area (Å²) < 4.78 is 6.67. The van der Waals surface area contributed by atoms with E-state index in [9.17, 15) is 9.59 Å². The maximum absolute atomic E-state index is 11.8. The fourth-order valence-corrected chi connectivity index (χ4v) is 2.34. The van der Waals surface area contributed by atoms with Crippen LogP contribution in [0, 0.1) is 6.92 Å². The van der Waals surface area contributed by atoms with E-state index >= 15 is 0 Å².